The van der Waals surface area contributed by atoms with Crippen LogP contribution in [-0.2, 0) is 0 Å². The topological polar surface area (TPSA) is 45.0 Å². The zero-order valence-electron chi connectivity index (χ0n) is 10.3. The third kappa shape index (κ3) is 5.01. The molecule has 0 amide bonds. The fourth-order valence-electron chi connectivity index (χ4n) is 1.51. The lowest BCUT2D eigenvalue weighted by molar-refractivity contribution is 0.415. The molecule has 92 valence electrons. The molecule has 1 aromatic carbocycles. The fraction of sp³-hybridized carbons (Fsp3) is 0.462. The number of ether oxygens (including phenoxy) is 1. The summed E-state index contributed by atoms with van der Waals surface area (Å²) in [6.07, 6.45) is 4.00. The first-order valence-electron chi connectivity index (χ1n) is 5.59. The van der Waals surface area contributed by atoms with Crippen molar-refractivity contribution < 1.29 is 4.74 Å². The lowest BCUT2D eigenvalue weighted by Gasteiger charge is -2.13. The van der Waals surface area contributed by atoms with Gasteiger partial charge in [0.05, 0.1) is 13.2 Å². The average molecular weight is 250 g/mol. The van der Waals surface area contributed by atoms with Gasteiger partial charge in [0.1, 0.15) is 11.8 Å². The Bertz CT molecular complexity index is 376. The monoisotopic (exact) mass is 250 g/mol. The van der Waals surface area contributed by atoms with Gasteiger partial charge in [0.15, 0.2) is 0 Å². The molecule has 0 radical (unpaired) electrons. The molecule has 0 heterocycles. The molecule has 1 unspecified atom stereocenters. The van der Waals surface area contributed by atoms with Crippen LogP contribution < -0.4 is 10.1 Å². The van der Waals surface area contributed by atoms with E-state index in [4.69, 9.17) is 10.00 Å². The molecule has 0 aliphatic heterocycles. The summed E-state index contributed by atoms with van der Waals surface area (Å²) in [6.45, 7) is 0. The molecule has 0 saturated heterocycles. The van der Waals surface area contributed by atoms with Crippen molar-refractivity contribution in [1.82, 2.24) is 0 Å². The highest BCUT2D eigenvalue weighted by atomic mass is 32.2. The molecule has 0 bridgehead atoms. The van der Waals surface area contributed by atoms with E-state index in [2.05, 4.69) is 17.6 Å². The van der Waals surface area contributed by atoms with Crippen LogP contribution in [0.3, 0.4) is 0 Å². The molecule has 0 saturated carbocycles. The largest absolute Gasteiger partial charge is 0.497 e. The van der Waals surface area contributed by atoms with E-state index in [9.17, 15) is 0 Å². The van der Waals surface area contributed by atoms with Gasteiger partial charge in [-0.1, -0.05) is 6.07 Å². The molecule has 0 aliphatic carbocycles. The first-order chi connectivity index (χ1) is 8.30. The van der Waals surface area contributed by atoms with Crippen LogP contribution in [-0.4, -0.2) is 25.2 Å². The van der Waals surface area contributed by atoms with Crippen LogP contribution >= 0.6 is 11.8 Å². The van der Waals surface area contributed by atoms with E-state index in [0.29, 0.717) is 0 Å². The average Bonchev–Trinajstić information content (AvgIpc) is 2.38. The van der Waals surface area contributed by atoms with E-state index in [1.165, 1.54) is 0 Å². The zero-order chi connectivity index (χ0) is 12.5. The maximum atomic E-state index is 9.06. The van der Waals surface area contributed by atoms with Gasteiger partial charge < -0.3 is 10.1 Å². The molecule has 0 spiro atoms. The number of methoxy groups -OCH3 is 1. The van der Waals surface area contributed by atoms with E-state index in [1.54, 1.807) is 7.11 Å². The first kappa shape index (κ1) is 13.7. The Morgan fingerprint density at radius 2 is 2.35 bits per heavy atom. The van der Waals surface area contributed by atoms with Crippen molar-refractivity contribution in [3.05, 3.63) is 24.3 Å². The number of nitriles is 1. The summed E-state index contributed by atoms with van der Waals surface area (Å²) < 4.78 is 5.14. The van der Waals surface area contributed by atoms with Crippen LogP contribution in [0.1, 0.15) is 12.8 Å². The Morgan fingerprint density at radius 1 is 1.53 bits per heavy atom. The smallest absolute Gasteiger partial charge is 0.120 e. The van der Waals surface area contributed by atoms with Crippen LogP contribution in [0.25, 0.3) is 0 Å². The Labute approximate surface area is 107 Å². The minimum absolute atomic E-state index is 0.130. The normalized spacial score (nSPS) is 11.6. The Hall–Kier alpha value is -1.34. The summed E-state index contributed by atoms with van der Waals surface area (Å²) in [5.74, 6) is 1.90. The molecular formula is C13H18N2OS. The molecule has 1 N–H and O–H groups in total. The van der Waals surface area contributed by atoms with Gasteiger partial charge in [0, 0.05) is 11.8 Å². The van der Waals surface area contributed by atoms with Crippen LogP contribution in [0, 0.1) is 11.3 Å². The number of benzene rings is 1. The second-order valence-electron chi connectivity index (χ2n) is 3.69. The number of thioether (sulfide) groups is 1. The minimum atomic E-state index is -0.130. The first-order valence-corrected chi connectivity index (χ1v) is 6.98. The van der Waals surface area contributed by atoms with Crippen molar-refractivity contribution in [2.45, 2.75) is 18.9 Å². The van der Waals surface area contributed by atoms with Crippen LogP contribution in [0.5, 0.6) is 5.75 Å². The second-order valence-corrected chi connectivity index (χ2v) is 4.68. The summed E-state index contributed by atoms with van der Waals surface area (Å²) in [7, 11) is 1.64. The Morgan fingerprint density at radius 3 is 3.00 bits per heavy atom. The van der Waals surface area contributed by atoms with E-state index < -0.39 is 0 Å². The quantitative estimate of drug-likeness (QED) is 0.755. The summed E-state index contributed by atoms with van der Waals surface area (Å²) in [5.41, 5.74) is 0.931. The zero-order valence-corrected chi connectivity index (χ0v) is 11.1. The van der Waals surface area contributed by atoms with Gasteiger partial charge in [-0.05, 0) is 37.0 Å². The maximum absolute atomic E-state index is 9.06. The highest BCUT2D eigenvalue weighted by Gasteiger charge is 2.06. The third-order valence-corrected chi connectivity index (χ3v) is 3.10. The van der Waals surface area contributed by atoms with E-state index in [1.807, 2.05) is 36.0 Å². The molecule has 4 heteroatoms. The summed E-state index contributed by atoms with van der Waals surface area (Å²) in [4.78, 5) is 0. The summed E-state index contributed by atoms with van der Waals surface area (Å²) in [5, 5.41) is 12.3. The summed E-state index contributed by atoms with van der Waals surface area (Å²) in [6, 6.07) is 9.81. The van der Waals surface area contributed by atoms with E-state index in [0.717, 1.165) is 30.0 Å². The van der Waals surface area contributed by atoms with Gasteiger partial charge in [0.25, 0.3) is 0 Å². The lowest BCUT2D eigenvalue weighted by atomic mass is 10.1. The molecule has 1 aromatic rings. The van der Waals surface area contributed by atoms with Crippen molar-refractivity contribution in [2.24, 2.45) is 0 Å². The molecule has 0 aromatic heterocycles. The molecule has 1 atom stereocenters. The third-order valence-electron chi connectivity index (χ3n) is 2.41. The van der Waals surface area contributed by atoms with Crippen molar-refractivity contribution >= 4 is 17.4 Å². The molecule has 17 heavy (non-hydrogen) atoms. The van der Waals surface area contributed by atoms with Crippen molar-refractivity contribution in [3.63, 3.8) is 0 Å². The molecule has 1 rings (SSSR count). The molecular weight excluding hydrogens is 232 g/mol. The van der Waals surface area contributed by atoms with Crippen molar-refractivity contribution in [1.29, 1.82) is 5.26 Å². The van der Waals surface area contributed by atoms with Gasteiger partial charge in [0.2, 0.25) is 0 Å². The Kier molecular flexibility index (Phi) is 6.34. The number of rotatable bonds is 7. The number of hydrogen-bond acceptors (Lipinski definition) is 4. The predicted octanol–water partition coefficient (Wildman–Crippen LogP) is 3.14. The molecule has 0 fully saturated rings. The van der Waals surface area contributed by atoms with Crippen LogP contribution in [0.2, 0.25) is 0 Å². The van der Waals surface area contributed by atoms with Gasteiger partial charge in [-0.3, -0.25) is 0 Å². The number of hydrogen-bond donors (Lipinski definition) is 1. The van der Waals surface area contributed by atoms with Crippen molar-refractivity contribution in [2.75, 3.05) is 24.4 Å². The van der Waals surface area contributed by atoms with E-state index in [-0.39, 0.29) is 6.04 Å². The number of nitrogens with zero attached hydrogens (tertiary/aromatic N) is 1. The fourth-order valence-corrected chi connectivity index (χ4v) is 1.97. The number of nitrogens with one attached hydrogen (secondary N) is 1. The highest BCUT2D eigenvalue weighted by Crippen LogP contribution is 2.18. The van der Waals surface area contributed by atoms with Crippen LogP contribution in [0.4, 0.5) is 5.69 Å². The lowest BCUT2D eigenvalue weighted by Crippen LogP contribution is -2.17. The standard InChI is InChI=1S/C13H18N2OS/c1-16-13-7-3-5-11(9-13)15-12(10-14)6-4-8-17-2/h3,5,7,9,12,15H,4,6,8H2,1-2H3. The van der Waals surface area contributed by atoms with Gasteiger partial charge in [-0.25, -0.2) is 0 Å². The highest BCUT2D eigenvalue weighted by molar-refractivity contribution is 7.98. The maximum Gasteiger partial charge on any atom is 0.120 e. The molecule has 0 aliphatic rings. The van der Waals surface area contributed by atoms with Crippen molar-refractivity contribution in [3.8, 4) is 11.8 Å². The van der Waals surface area contributed by atoms with Gasteiger partial charge in [-0.2, -0.15) is 17.0 Å². The van der Waals surface area contributed by atoms with Crippen LogP contribution in [0.15, 0.2) is 24.3 Å². The van der Waals surface area contributed by atoms with E-state index >= 15 is 0 Å². The predicted molar refractivity (Wildman–Crippen MR) is 73.6 cm³/mol. The SMILES string of the molecule is COc1cccc(NC(C#N)CCCSC)c1. The summed E-state index contributed by atoms with van der Waals surface area (Å²) >= 11 is 1.81. The van der Waals surface area contributed by atoms with Gasteiger partial charge in [-0.15, -0.1) is 0 Å². The molecule has 3 nitrogen and oxygen atoms in total. The minimum Gasteiger partial charge on any atom is -0.497 e. The number of anilines is 1. The van der Waals surface area contributed by atoms with Gasteiger partial charge >= 0.3 is 0 Å². The Balaban J connectivity index is 2.52. The second kappa shape index (κ2) is 7.86.